The van der Waals surface area contributed by atoms with Crippen LogP contribution in [0.15, 0.2) is 14.6 Å². The zero-order valence-corrected chi connectivity index (χ0v) is 12.0. The molecule has 20 heavy (non-hydrogen) atoms. The second-order valence-corrected chi connectivity index (χ2v) is 4.93. The first kappa shape index (κ1) is 14.8. The maximum atomic E-state index is 12.2. The summed E-state index contributed by atoms with van der Waals surface area (Å²) < 4.78 is 12.3. The summed E-state index contributed by atoms with van der Waals surface area (Å²) in [5.74, 6) is -0.547. The van der Waals surface area contributed by atoms with Crippen molar-refractivity contribution >= 4 is 18.0 Å². The van der Waals surface area contributed by atoms with E-state index in [2.05, 4.69) is 5.10 Å². The van der Waals surface area contributed by atoms with Gasteiger partial charge in [0.25, 0.3) is 5.56 Å². The fourth-order valence-electron chi connectivity index (χ4n) is 1.88. The van der Waals surface area contributed by atoms with Crippen LogP contribution in [-0.2, 0) is 20.3 Å². The Labute approximate surface area is 118 Å². The first-order chi connectivity index (χ1) is 9.54. The average Bonchev–Trinajstić information content (AvgIpc) is 2.92. The van der Waals surface area contributed by atoms with Gasteiger partial charge in [0.1, 0.15) is 12.0 Å². The minimum Gasteiger partial charge on any atom is -0.384 e. The van der Waals surface area contributed by atoms with Crippen LogP contribution in [0.4, 0.5) is 0 Å². The van der Waals surface area contributed by atoms with Crippen LogP contribution in [0, 0.1) is 0 Å². The summed E-state index contributed by atoms with van der Waals surface area (Å²) in [4.78, 5) is 35.0. The Morgan fingerprint density at radius 2 is 2.30 bits per heavy atom. The Bertz CT molecular complexity index is 617. The largest absolute Gasteiger partial charge is 0.384 e. The third-order valence-corrected chi connectivity index (χ3v) is 3.52. The molecule has 1 aromatic rings. The Balaban J connectivity index is 2.46. The van der Waals surface area contributed by atoms with Gasteiger partial charge in [-0.1, -0.05) is 0 Å². The van der Waals surface area contributed by atoms with Crippen LogP contribution in [0.5, 0.6) is 0 Å². The van der Waals surface area contributed by atoms with E-state index in [4.69, 9.17) is 8.92 Å². The van der Waals surface area contributed by atoms with Crippen LogP contribution in [0.3, 0.4) is 0 Å². The number of carbonyl (C=O) groups is 1. The molecule has 2 rings (SSSR count). The molecule has 8 nitrogen and oxygen atoms in total. The van der Waals surface area contributed by atoms with Crippen molar-refractivity contribution in [3.8, 4) is 0 Å². The van der Waals surface area contributed by atoms with E-state index in [1.807, 2.05) is 0 Å². The minimum atomic E-state index is -0.571. The van der Waals surface area contributed by atoms with E-state index in [-0.39, 0.29) is 11.6 Å². The molecule has 1 aromatic heterocycles. The van der Waals surface area contributed by atoms with E-state index in [1.165, 1.54) is 6.92 Å². The highest BCUT2D eigenvalue weighted by Crippen LogP contribution is 2.21. The molecule has 1 aliphatic heterocycles. The summed E-state index contributed by atoms with van der Waals surface area (Å²) in [6.45, 7) is 3.67. The first-order valence-electron chi connectivity index (χ1n) is 6.25. The maximum Gasteiger partial charge on any atom is 0.349 e. The van der Waals surface area contributed by atoms with E-state index < -0.39 is 23.4 Å². The maximum absolute atomic E-state index is 12.2. The van der Waals surface area contributed by atoms with Gasteiger partial charge in [-0.15, -0.1) is 5.10 Å². The number of rotatable bonds is 4. The summed E-state index contributed by atoms with van der Waals surface area (Å²) in [6, 6.07) is 0. The highest BCUT2D eigenvalue weighted by molar-refractivity contribution is 7.95. The minimum absolute atomic E-state index is 0.0582. The lowest BCUT2D eigenvalue weighted by atomic mass is 10.3. The van der Waals surface area contributed by atoms with Crippen LogP contribution >= 0.6 is 12.0 Å². The molecule has 0 aromatic carbocycles. The van der Waals surface area contributed by atoms with Crippen molar-refractivity contribution in [1.82, 2.24) is 14.3 Å². The predicted molar refractivity (Wildman–Crippen MR) is 70.3 cm³/mol. The number of hydrogen-bond donors (Lipinski definition) is 0. The molecular formula is C11H15N3O5S. The van der Waals surface area contributed by atoms with E-state index in [0.717, 1.165) is 15.7 Å². The fourth-order valence-corrected chi connectivity index (χ4v) is 2.38. The van der Waals surface area contributed by atoms with Gasteiger partial charge in [0, 0.05) is 20.1 Å². The normalized spacial score (nSPS) is 18.2. The third kappa shape index (κ3) is 2.93. The molecule has 110 valence electrons. The SMILES string of the molecule is CCn1c(=O)c(SOC(C)=O)nn(C2CCCO2)c1=O. The molecule has 1 atom stereocenters. The average molecular weight is 301 g/mol. The zero-order chi connectivity index (χ0) is 14.7. The summed E-state index contributed by atoms with van der Waals surface area (Å²) >= 11 is 0.557. The molecule has 0 saturated carbocycles. The number of aromatic nitrogens is 3. The van der Waals surface area contributed by atoms with Crippen molar-refractivity contribution in [2.24, 2.45) is 0 Å². The molecule has 0 spiro atoms. The van der Waals surface area contributed by atoms with Gasteiger partial charge in [-0.3, -0.25) is 14.2 Å². The lowest BCUT2D eigenvalue weighted by molar-refractivity contribution is -0.130. The zero-order valence-electron chi connectivity index (χ0n) is 11.2. The third-order valence-electron chi connectivity index (χ3n) is 2.79. The molecule has 1 fully saturated rings. The van der Waals surface area contributed by atoms with Crippen LogP contribution in [0.1, 0.15) is 32.9 Å². The van der Waals surface area contributed by atoms with Crippen LogP contribution in [-0.4, -0.2) is 26.9 Å². The van der Waals surface area contributed by atoms with Gasteiger partial charge in [-0.05, 0) is 19.8 Å². The molecule has 2 heterocycles. The van der Waals surface area contributed by atoms with Crippen molar-refractivity contribution in [1.29, 1.82) is 0 Å². The van der Waals surface area contributed by atoms with Gasteiger partial charge < -0.3 is 8.92 Å². The Kier molecular flexibility index (Phi) is 4.61. The smallest absolute Gasteiger partial charge is 0.349 e. The molecule has 1 aliphatic rings. The molecule has 9 heteroatoms. The monoisotopic (exact) mass is 301 g/mol. The fraction of sp³-hybridized carbons (Fsp3) is 0.636. The number of hydrogen-bond acceptors (Lipinski definition) is 7. The van der Waals surface area contributed by atoms with Crippen molar-refractivity contribution in [2.75, 3.05) is 6.61 Å². The molecular weight excluding hydrogens is 286 g/mol. The highest BCUT2D eigenvalue weighted by atomic mass is 32.2. The lowest BCUT2D eigenvalue weighted by Gasteiger charge is -2.14. The second kappa shape index (κ2) is 6.23. The summed E-state index contributed by atoms with van der Waals surface area (Å²) in [5, 5.41) is 3.91. The Morgan fingerprint density at radius 1 is 1.55 bits per heavy atom. The number of nitrogens with zero attached hydrogens (tertiary/aromatic N) is 3. The molecule has 0 amide bonds. The van der Waals surface area contributed by atoms with Gasteiger partial charge in [0.2, 0.25) is 5.03 Å². The van der Waals surface area contributed by atoms with Crippen molar-refractivity contribution in [3.05, 3.63) is 20.8 Å². The molecule has 0 radical (unpaired) electrons. The van der Waals surface area contributed by atoms with Gasteiger partial charge in [-0.2, -0.15) is 4.68 Å². The first-order valence-corrected chi connectivity index (χ1v) is 6.99. The summed E-state index contributed by atoms with van der Waals surface area (Å²) in [6.07, 6.45) is 1.01. The quantitative estimate of drug-likeness (QED) is 0.739. The van der Waals surface area contributed by atoms with Gasteiger partial charge >= 0.3 is 11.7 Å². The molecule has 0 aliphatic carbocycles. The Morgan fingerprint density at radius 3 is 2.85 bits per heavy atom. The van der Waals surface area contributed by atoms with Crippen LogP contribution < -0.4 is 11.2 Å². The molecule has 0 N–H and O–H groups in total. The standard InChI is InChI=1S/C11H15N3O5S/c1-3-13-10(16)9(20-19-7(2)15)12-14(11(13)17)8-5-4-6-18-8/h8H,3-6H2,1-2H3. The van der Waals surface area contributed by atoms with E-state index in [0.29, 0.717) is 25.1 Å². The van der Waals surface area contributed by atoms with E-state index >= 15 is 0 Å². The molecule has 1 saturated heterocycles. The second-order valence-electron chi connectivity index (χ2n) is 4.21. The van der Waals surface area contributed by atoms with Crippen LogP contribution in [0.25, 0.3) is 0 Å². The highest BCUT2D eigenvalue weighted by Gasteiger charge is 2.23. The number of carbonyl (C=O) groups excluding carboxylic acids is 1. The van der Waals surface area contributed by atoms with Crippen molar-refractivity contribution in [2.45, 2.75) is 44.5 Å². The van der Waals surface area contributed by atoms with Gasteiger partial charge in [0.15, 0.2) is 6.23 Å². The number of ether oxygens (including phenoxy) is 1. The van der Waals surface area contributed by atoms with Crippen LogP contribution in [0.2, 0.25) is 0 Å². The van der Waals surface area contributed by atoms with Gasteiger partial charge in [-0.25, -0.2) is 4.79 Å². The van der Waals surface area contributed by atoms with Crippen molar-refractivity contribution in [3.63, 3.8) is 0 Å². The van der Waals surface area contributed by atoms with Gasteiger partial charge in [0.05, 0.1) is 0 Å². The Hall–Kier alpha value is -1.61. The molecule has 1 unspecified atom stereocenters. The summed E-state index contributed by atoms with van der Waals surface area (Å²) in [5.41, 5.74) is -1.09. The van der Waals surface area contributed by atoms with Crippen molar-refractivity contribution < 1.29 is 13.7 Å². The lowest BCUT2D eigenvalue weighted by Crippen LogP contribution is -2.43. The van der Waals surface area contributed by atoms with E-state index in [1.54, 1.807) is 6.92 Å². The topological polar surface area (TPSA) is 92.4 Å². The molecule has 0 bridgehead atoms. The van der Waals surface area contributed by atoms with E-state index in [9.17, 15) is 14.4 Å². The predicted octanol–water partition coefficient (Wildman–Crippen LogP) is 0.304. The summed E-state index contributed by atoms with van der Waals surface area (Å²) in [7, 11) is 0.